The van der Waals surface area contributed by atoms with Crippen molar-refractivity contribution in [3.63, 3.8) is 0 Å². The molecule has 0 N–H and O–H groups in total. The molecule has 3 aliphatic rings. The Morgan fingerprint density at radius 2 is 1.92 bits per heavy atom. The van der Waals surface area contributed by atoms with Gasteiger partial charge in [0.25, 0.3) is 0 Å². The molecule has 70 valence electrons. The van der Waals surface area contributed by atoms with Gasteiger partial charge in [0.05, 0.1) is 6.07 Å². The molecule has 5 atom stereocenters. The molecule has 0 aliphatic heterocycles. The van der Waals surface area contributed by atoms with Crippen molar-refractivity contribution in [1.82, 2.24) is 0 Å². The van der Waals surface area contributed by atoms with E-state index in [0.717, 1.165) is 36.0 Å². The lowest BCUT2D eigenvalue weighted by atomic mass is 9.75. The van der Waals surface area contributed by atoms with Crippen LogP contribution in [0.5, 0.6) is 0 Å². The molecule has 2 bridgehead atoms. The van der Waals surface area contributed by atoms with Crippen LogP contribution in [-0.4, -0.2) is 0 Å². The minimum atomic E-state index is 0.786. The van der Waals surface area contributed by atoms with Crippen molar-refractivity contribution in [2.24, 2.45) is 29.6 Å². The molecule has 0 amide bonds. The maximum absolute atomic E-state index is 8.75. The molecule has 13 heavy (non-hydrogen) atoms. The van der Waals surface area contributed by atoms with Gasteiger partial charge in [-0.15, -0.1) is 0 Å². The van der Waals surface area contributed by atoms with Crippen LogP contribution in [0.3, 0.4) is 0 Å². The fraction of sp³-hybridized carbons (Fsp3) is 0.917. The first-order valence-corrected chi connectivity index (χ1v) is 5.77. The van der Waals surface area contributed by atoms with E-state index in [1.165, 1.54) is 32.1 Å². The monoisotopic (exact) mass is 175 g/mol. The predicted molar refractivity (Wildman–Crippen MR) is 50.8 cm³/mol. The van der Waals surface area contributed by atoms with E-state index in [-0.39, 0.29) is 0 Å². The summed E-state index contributed by atoms with van der Waals surface area (Å²) >= 11 is 0. The highest BCUT2D eigenvalue weighted by Crippen LogP contribution is 2.61. The van der Waals surface area contributed by atoms with E-state index in [0.29, 0.717) is 0 Å². The fourth-order valence-electron chi connectivity index (χ4n) is 4.56. The van der Waals surface area contributed by atoms with Gasteiger partial charge in [0.2, 0.25) is 0 Å². The van der Waals surface area contributed by atoms with Crippen LogP contribution in [-0.2, 0) is 0 Å². The van der Waals surface area contributed by atoms with Gasteiger partial charge in [0.1, 0.15) is 0 Å². The molecule has 0 saturated heterocycles. The van der Waals surface area contributed by atoms with Crippen LogP contribution in [0, 0.1) is 40.9 Å². The van der Waals surface area contributed by atoms with E-state index in [1.807, 2.05) is 0 Å². The third-order valence-electron chi connectivity index (χ3n) is 4.92. The lowest BCUT2D eigenvalue weighted by Gasteiger charge is -2.30. The summed E-state index contributed by atoms with van der Waals surface area (Å²) in [5.74, 6) is 4.89. The van der Waals surface area contributed by atoms with Crippen molar-refractivity contribution in [1.29, 1.82) is 5.26 Å². The zero-order valence-corrected chi connectivity index (χ0v) is 8.08. The molecular formula is C12H17N. The molecule has 3 fully saturated rings. The quantitative estimate of drug-likeness (QED) is 0.601. The molecule has 0 aromatic rings. The second-order valence-corrected chi connectivity index (χ2v) is 5.28. The Morgan fingerprint density at radius 1 is 1.08 bits per heavy atom. The molecule has 1 nitrogen and oxygen atoms in total. The van der Waals surface area contributed by atoms with Crippen molar-refractivity contribution < 1.29 is 0 Å². The lowest BCUT2D eigenvalue weighted by Crippen LogP contribution is -2.23. The highest BCUT2D eigenvalue weighted by atomic mass is 14.6. The fourth-order valence-corrected chi connectivity index (χ4v) is 4.56. The molecule has 0 heterocycles. The maximum atomic E-state index is 8.75. The summed E-state index contributed by atoms with van der Waals surface area (Å²) in [6.07, 6.45) is 8.16. The zero-order valence-electron chi connectivity index (χ0n) is 8.08. The molecule has 1 heteroatoms. The maximum Gasteiger partial charge on any atom is 0.0624 e. The van der Waals surface area contributed by atoms with Gasteiger partial charge >= 0.3 is 0 Å². The van der Waals surface area contributed by atoms with Crippen molar-refractivity contribution in [3.8, 4) is 6.07 Å². The second-order valence-electron chi connectivity index (χ2n) is 5.28. The molecule has 3 saturated carbocycles. The Bertz CT molecular complexity index is 252. The van der Waals surface area contributed by atoms with E-state index in [1.54, 1.807) is 0 Å². The number of nitriles is 1. The normalized spacial score (nSPS) is 52.1. The predicted octanol–water partition coefficient (Wildman–Crippen LogP) is 2.97. The lowest BCUT2D eigenvalue weighted by molar-refractivity contribution is 0.192. The van der Waals surface area contributed by atoms with E-state index >= 15 is 0 Å². The number of rotatable bonds is 1. The van der Waals surface area contributed by atoms with E-state index in [2.05, 4.69) is 6.07 Å². The molecule has 0 radical (unpaired) electrons. The number of fused-ring (bicyclic) bond motifs is 5. The largest absolute Gasteiger partial charge is 0.198 e. The van der Waals surface area contributed by atoms with Gasteiger partial charge in [0.15, 0.2) is 0 Å². The van der Waals surface area contributed by atoms with Crippen LogP contribution in [0.25, 0.3) is 0 Å². The standard InChI is InChI=1S/C12H17N/c13-5-4-8-6-9-7-12(8)11-3-1-2-10(9)11/h8-12H,1-4,6-7H2/t8-,9+,10-,11-,12-/m1/s1. The average Bonchev–Trinajstić information content (AvgIpc) is 2.72. The number of nitrogens with zero attached hydrogens (tertiary/aromatic N) is 1. The van der Waals surface area contributed by atoms with E-state index < -0.39 is 0 Å². The van der Waals surface area contributed by atoms with Crippen LogP contribution >= 0.6 is 0 Å². The van der Waals surface area contributed by atoms with Crippen molar-refractivity contribution in [2.75, 3.05) is 0 Å². The van der Waals surface area contributed by atoms with Crippen LogP contribution in [0.1, 0.15) is 38.5 Å². The van der Waals surface area contributed by atoms with Crippen molar-refractivity contribution in [2.45, 2.75) is 38.5 Å². The van der Waals surface area contributed by atoms with Gasteiger partial charge in [-0.25, -0.2) is 0 Å². The zero-order chi connectivity index (χ0) is 8.84. The van der Waals surface area contributed by atoms with Crippen LogP contribution in [0.2, 0.25) is 0 Å². The summed E-state index contributed by atoms with van der Waals surface area (Å²) in [4.78, 5) is 0. The Hall–Kier alpha value is -0.510. The Labute approximate surface area is 80.1 Å². The first-order chi connectivity index (χ1) is 6.40. The van der Waals surface area contributed by atoms with Crippen LogP contribution in [0.4, 0.5) is 0 Å². The van der Waals surface area contributed by atoms with Gasteiger partial charge in [-0.2, -0.15) is 5.26 Å². The highest BCUT2D eigenvalue weighted by Gasteiger charge is 2.53. The molecule has 0 unspecified atom stereocenters. The minimum absolute atomic E-state index is 0.786. The third-order valence-corrected chi connectivity index (χ3v) is 4.92. The summed E-state index contributed by atoms with van der Waals surface area (Å²) in [7, 11) is 0. The first-order valence-electron chi connectivity index (χ1n) is 5.77. The smallest absolute Gasteiger partial charge is 0.0624 e. The van der Waals surface area contributed by atoms with Crippen molar-refractivity contribution >= 4 is 0 Å². The minimum Gasteiger partial charge on any atom is -0.198 e. The summed E-state index contributed by atoms with van der Waals surface area (Å²) in [5, 5.41) is 8.75. The third kappa shape index (κ3) is 0.980. The number of hydrogen-bond donors (Lipinski definition) is 0. The van der Waals surface area contributed by atoms with Gasteiger partial charge in [0, 0.05) is 6.42 Å². The molecule has 3 aliphatic carbocycles. The Morgan fingerprint density at radius 3 is 2.77 bits per heavy atom. The molecular weight excluding hydrogens is 158 g/mol. The highest BCUT2D eigenvalue weighted by molar-refractivity contribution is 5.04. The van der Waals surface area contributed by atoms with Gasteiger partial charge in [-0.05, 0) is 55.3 Å². The van der Waals surface area contributed by atoms with Crippen molar-refractivity contribution in [3.05, 3.63) is 0 Å². The molecule has 3 rings (SSSR count). The second kappa shape index (κ2) is 2.74. The van der Waals surface area contributed by atoms with Gasteiger partial charge in [-0.1, -0.05) is 6.42 Å². The summed E-state index contributed by atoms with van der Waals surface area (Å²) in [6.45, 7) is 0. The van der Waals surface area contributed by atoms with E-state index in [9.17, 15) is 0 Å². The molecule has 0 aromatic carbocycles. The Balaban J connectivity index is 1.79. The molecule has 0 spiro atoms. The SMILES string of the molecule is N#CC[C@@H]1C[C@H]2C[C@H]1[C@@H]1CCC[C@H]21. The average molecular weight is 175 g/mol. The molecule has 0 aromatic heterocycles. The summed E-state index contributed by atoms with van der Waals surface area (Å²) in [5.41, 5.74) is 0. The number of hydrogen-bond acceptors (Lipinski definition) is 1. The Kier molecular flexibility index (Phi) is 1.65. The van der Waals surface area contributed by atoms with Crippen LogP contribution < -0.4 is 0 Å². The van der Waals surface area contributed by atoms with Gasteiger partial charge in [-0.3, -0.25) is 0 Å². The topological polar surface area (TPSA) is 23.8 Å². The first kappa shape index (κ1) is 7.85. The van der Waals surface area contributed by atoms with Gasteiger partial charge < -0.3 is 0 Å². The summed E-state index contributed by atoms with van der Waals surface area (Å²) < 4.78 is 0. The summed E-state index contributed by atoms with van der Waals surface area (Å²) in [6, 6.07) is 2.37. The van der Waals surface area contributed by atoms with E-state index in [4.69, 9.17) is 5.26 Å². The van der Waals surface area contributed by atoms with Crippen LogP contribution in [0.15, 0.2) is 0 Å².